The molecule has 0 fully saturated rings. The normalized spacial score (nSPS) is 14.8. The van der Waals surface area contributed by atoms with Crippen LogP contribution in [0.2, 0.25) is 0 Å². The van der Waals surface area contributed by atoms with Gasteiger partial charge in [0.15, 0.2) is 0 Å². The highest BCUT2D eigenvalue weighted by Crippen LogP contribution is 2.16. The lowest BCUT2D eigenvalue weighted by molar-refractivity contribution is -0.122. The van der Waals surface area contributed by atoms with Gasteiger partial charge in [0.1, 0.15) is 0 Å². The average Bonchev–Trinajstić information content (AvgIpc) is 1.86. The van der Waals surface area contributed by atoms with Crippen molar-refractivity contribution in [3.8, 4) is 0 Å². The zero-order valence-electron chi connectivity index (χ0n) is 6.29. The summed E-state index contributed by atoms with van der Waals surface area (Å²) in [5, 5.41) is 8.73. The molecule has 60 valence electrons. The lowest BCUT2D eigenvalue weighted by Gasteiger charge is -2.26. The Labute approximate surface area is 60.2 Å². The van der Waals surface area contributed by atoms with Crippen LogP contribution >= 0.6 is 0 Å². The van der Waals surface area contributed by atoms with E-state index in [4.69, 9.17) is 16.6 Å². The summed E-state index contributed by atoms with van der Waals surface area (Å²) in [4.78, 5) is 10.5. The quantitative estimate of drug-likeness (QED) is 0.468. The van der Waals surface area contributed by atoms with Crippen LogP contribution in [0.25, 0.3) is 0 Å². The van der Waals surface area contributed by atoms with Gasteiger partial charge in [0.05, 0.1) is 12.6 Å². The van der Waals surface area contributed by atoms with E-state index in [-0.39, 0.29) is 6.61 Å². The molecule has 0 saturated heterocycles. The van der Waals surface area contributed by atoms with Crippen molar-refractivity contribution in [2.24, 2.45) is 16.9 Å². The van der Waals surface area contributed by atoms with Crippen LogP contribution in [0.5, 0.6) is 0 Å². The van der Waals surface area contributed by atoms with Crippen LogP contribution in [0.15, 0.2) is 0 Å². The fraction of sp³-hybridized carbons (Fsp3) is 0.833. The highest BCUT2D eigenvalue weighted by atomic mass is 16.3. The van der Waals surface area contributed by atoms with Crippen LogP contribution in [0.4, 0.5) is 0 Å². The summed E-state index contributed by atoms with van der Waals surface area (Å²) < 4.78 is 0. The van der Waals surface area contributed by atoms with E-state index in [1.165, 1.54) is 0 Å². The largest absolute Gasteiger partial charge is 0.396 e. The molecular formula is C6H14N2O2. The Balaban J connectivity index is 4.17. The van der Waals surface area contributed by atoms with E-state index in [2.05, 4.69) is 0 Å². The van der Waals surface area contributed by atoms with E-state index in [1.54, 1.807) is 13.8 Å². The van der Waals surface area contributed by atoms with E-state index in [0.29, 0.717) is 0 Å². The second-order valence-electron chi connectivity index (χ2n) is 3.03. The third kappa shape index (κ3) is 1.97. The number of aliphatic hydroxyl groups is 1. The molecule has 0 aromatic carbocycles. The van der Waals surface area contributed by atoms with Gasteiger partial charge < -0.3 is 16.6 Å². The molecule has 4 heteroatoms. The fourth-order valence-electron chi connectivity index (χ4n) is 0.483. The first-order chi connectivity index (χ1) is 4.41. The highest BCUT2D eigenvalue weighted by Gasteiger charge is 2.29. The Morgan fingerprint density at radius 3 is 2.20 bits per heavy atom. The van der Waals surface area contributed by atoms with Gasteiger partial charge in [-0.05, 0) is 0 Å². The minimum absolute atomic E-state index is 0.142. The van der Waals surface area contributed by atoms with Crippen molar-refractivity contribution in [1.82, 2.24) is 0 Å². The smallest absolute Gasteiger partial charge is 0.234 e. The summed E-state index contributed by atoms with van der Waals surface area (Å²) in [6, 6.07) is -0.780. The zero-order valence-corrected chi connectivity index (χ0v) is 6.29. The Morgan fingerprint density at radius 1 is 1.70 bits per heavy atom. The molecule has 0 saturated carbocycles. The van der Waals surface area contributed by atoms with Crippen molar-refractivity contribution in [1.29, 1.82) is 0 Å². The SMILES string of the molecule is CC(C)(CO)C(N)C(N)=O. The molecule has 0 aromatic rings. The molecule has 0 aliphatic rings. The predicted octanol–water partition coefficient (Wildman–Crippen LogP) is -1.18. The molecule has 0 aromatic heterocycles. The van der Waals surface area contributed by atoms with Crippen LogP contribution in [-0.2, 0) is 4.79 Å². The van der Waals surface area contributed by atoms with Crippen LogP contribution in [0.1, 0.15) is 13.8 Å². The van der Waals surface area contributed by atoms with Gasteiger partial charge in [-0.2, -0.15) is 0 Å². The van der Waals surface area contributed by atoms with E-state index < -0.39 is 17.4 Å². The maximum absolute atomic E-state index is 10.5. The molecule has 0 aliphatic heterocycles. The monoisotopic (exact) mass is 146 g/mol. The molecule has 1 amide bonds. The Morgan fingerprint density at radius 2 is 2.10 bits per heavy atom. The first-order valence-corrected chi connectivity index (χ1v) is 3.07. The van der Waals surface area contributed by atoms with Crippen LogP contribution in [0, 0.1) is 5.41 Å². The van der Waals surface area contributed by atoms with Gasteiger partial charge in [-0.15, -0.1) is 0 Å². The van der Waals surface area contributed by atoms with Gasteiger partial charge in [-0.25, -0.2) is 0 Å². The Hall–Kier alpha value is -0.610. The van der Waals surface area contributed by atoms with Crippen molar-refractivity contribution in [3.63, 3.8) is 0 Å². The van der Waals surface area contributed by atoms with Crippen molar-refractivity contribution in [3.05, 3.63) is 0 Å². The minimum Gasteiger partial charge on any atom is -0.396 e. The first kappa shape index (κ1) is 9.39. The lowest BCUT2D eigenvalue weighted by Crippen LogP contribution is -2.49. The number of amides is 1. The number of nitrogens with two attached hydrogens (primary N) is 2. The molecule has 4 nitrogen and oxygen atoms in total. The number of aliphatic hydroxyl groups excluding tert-OH is 1. The number of hydrogen-bond acceptors (Lipinski definition) is 3. The number of rotatable bonds is 3. The summed E-state index contributed by atoms with van der Waals surface area (Å²) in [7, 11) is 0. The maximum atomic E-state index is 10.5. The van der Waals surface area contributed by atoms with E-state index in [1.807, 2.05) is 0 Å². The number of primary amides is 1. The summed E-state index contributed by atoms with van der Waals surface area (Å²) in [6.07, 6.45) is 0. The van der Waals surface area contributed by atoms with Crippen LogP contribution < -0.4 is 11.5 Å². The zero-order chi connectivity index (χ0) is 8.36. The predicted molar refractivity (Wildman–Crippen MR) is 38.0 cm³/mol. The molecule has 1 unspecified atom stereocenters. The average molecular weight is 146 g/mol. The van der Waals surface area contributed by atoms with E-state index in [9.17, 15) is 4.79 Å². The topological polar surface area (TPSA) is 89.3 Å². The van der Waals surface area contributed by atoms with Gasteiger partial charge in [0, 0.05) is 5.41 Å². The van der Waals surface area contributed by atoms with Gasteiger partial charge in [0.2, 0.25) is 5.91 Å². The Kier molecular flexibility index (Phi) is 2.80. The second-order valence-corrected chi connectivity index (χ2v) is 3.03. The minimum atomic E-state index is -0.780. The van der Waals surface area contributed by atoms with Crippen LogP contribution in [0.3, 0.4) is 0 Å². The molecule has 10 heavy (non-hydrogen) atoms. The van der Waals surface area contributed by atoms with Crippen LogP contribution in [-0.4, -0.2) is 23.7 Å². The third-order valence-corrected chi connectivity index (χ3v) is 1.56. The van der Waals surface area contributed by atoms with Crippen molar-refractivity contribution in [2.45, 2.75) is 19.9 Å². The number of carbonyl (C=O) groups is 1. The van der Waals surface area contributed by atoms with E-state index in [0.717, 1.165) is 0 Å². The fourth-order valence-corrected chi connectivity index (χ4v) is 0.483. The number of hydrogen-bond donors (Lipinski definition) is 3. The molecule has 1 atom stereocenters. The maximum Gasteiger partial charge on any atom is 0.234 e. The lowest BCUT2D eigenvalue weighted by atomic mass is 9.85. The molecule has 0 spiro atoms. The Bertz CT molecular complexity index is 134. The molecule has 0 radical (unpaired) electrons. The molecular weight excluding hydrogens is 132 g/mol. The van der Waals surface area contributed by atoms with Gasteiger partial charge in [-0.3, -0.25) is 4.79 Å². The molecule has 0 aliphatic carbocycles. The summed E-state index contributed by atoms with van der Waals surface area (Å²) in [5.74, 6) is -0.584. The summed E-state index contributed by atoms with van der Waals surface area (Å²) in [6.45, 7) is 3.22. The summed E-state index contributed by atoms with van der Waals surface area (Å²) >= 11 is 0. The summed E-state index contributed by atoms with van der Waals surface area (Å²) in [5.41, 5.74) is 9.67. The second kappa shape index (κ2) is 2.98. The highest BCUT2D eigenvalue weighted by molar-refractivity contribution is 5.80. The van der Waals surface area contributed by atoms with Crippen molar-refractivity contribution >= 4 is 5.91 Å². The van der Waals surface area contributed by atoms with E-state index >= 15 is 0 Å². The van der Waals surface area contributed by atoms with Crippen molar-refractivity contribution < 1.29 is 9.90 Å². The van der Waals surface area contributed by atoms with Gasteiger partial charge in [-0.1, -0.05) is 13.8 Å². The first-order valence-electron chi connectivity index (χ1n) is 3.07. The molecule has 0 rings (SSSR count). The van der Waals surface area contributed by atoms with Gasteiger partial charge >= 0.3 is 0 Å². The van der Waals surface area contributed by atoms with Gasteiger partial charge in [0.25, 0.3) is 0 Å². The molecule has 0 heterocycles. The van der Waals surface area contributed by atoms with Crippen molar-refractivity contribution in [2.75, 3.05) is 6.61 Å². The molecule has 0 bridgehead atoms. The number of carbonyl (C=O) groups excluding carboxylic acids is 1. The molecule has 5 N–H and O–H groups in total. The standard InChI is InChI=1S/C6H14N2O2/c1-6(2,3-9)4(7)5(8)10/h4,9H,3,7H2,1-2H3,(H2,8,10). The third-order valence-electron chi connectivity index (χ3n) is 1.56.